The van der Waals surface area contributed by atoms with Gasteiger partial charge < -0.3 is 29.9 Å². The lowest BCUT2D eigenvalue weighted by molar-refractivity contribution is 0.0241. The summed E-state index contributed by atoms with van der Waals surface area (Å²) in [6, 6.07) is 4.78. The zero-order valence-corrected chi connectivity index (χ0v) is 15.1. The van der Waals surface area contributed by atoms with Crippen LogP contribution in [0.15, 0.2) is 18.2 Å². The minimum Gasteiger partial charge on any atom is -0.497 e. The van der Waals surface area contributed by atoms with Crippen LogP contribution in [0.1, 0.15) is 18.5 Å². The van der Waals surface area contributed by atoms with Gasteiger partial charge in [0, 0.05) is 37.7 Å². The molecule has 2 aliphatic heterocycles. The molecular weight excluding hydrogens is 324 g/mol. The Morgan fingerprint density at radius 1 is 1.00 bits per heavy atom. The van der Waals surface area contributed by atoms with E-state index in [9.17, 15) is 9.59 Å². The van der Waals surface area contributed by atoms with Crippen LogP contribution in [-0.4, -0.2) is 62.4 Å². The number of hydrogen-bond acceptors (Lipinski definition) is 4. The molecule has 2 N–H and O–H groups in total. The number of carbonyl (C=O) groups excluding carboxylic acids is 2. The van der Waals surface area contributed by atoms with E-state index in [2.05, 4.69) is 10.6 Å². The van der Waals surface area contributed by atoms with Crippen LogP contribution in [0, 0.1) is 5.92 Å². The number of rotatable bonds is 3. The highest BCUT2D eigenvalue weighted by Crippen LogP contribution is 2.42. The van der Waals surface area contributed by atoms with Crippen molar-refractivity contribution in [2.24, 2.45) is 5.92 Å². The van der Waals surface area contributed by atoms with Crippen molar-refractivity contribution < 1.29 is 19.1 Å². The summed E-state index contributed by atoms with van der Waals surface area (Å²) in [5.74, 6) is 1.28. The van der Waals surface area contributed by atoms with Crippen LogP contribution in [0.3, 0.4) is 0 Å². The Morgan fingerprint density at radius 3 is 2.32 bits per heavy atom. The van der Waals surface area contributed by atoms with E-state index in [0.717, 1.165) is 5.56 Å². The van der Waals surface area contributed by atoms with E-state index in [-0.39, 0.29) is 36.2 Å². The first-order valence-corrected chi connectivity index (χ1v) is 8.17. The number of nitrogens with zero attached hydrogens (tertiary/aromatic N) is 2. The van der Waals surface area contributed by atoms with Crippen molar-refractivity contribution in [1.29, 1.82) is 0 Å². The average Bonchev–Trinajstić information content (AvgIpc) is 2.61. The zero-order chi connectivity index (χ0) is 18.3. The SMILES string of the molecule is COc1ccc([C@H]2[C@@H]3[C@H](C)NC(=O)N(C)[C@H]3NC(=O)N2C)c(OC)c1. The summed E-state index contributed by atoms with van der Waals surface area (Å²) in [6.45, 7) is 1.96. The molecule has 136 valence electrons. The number of carbonyl (C=O) groups is 2. The monoisotopic (exact) mass is 348 g/mol. The topological polar surface area (TPSA) is 83.1 Å². The van der Waals surface area contributed by atoms with Gasteiger partial charge in [-0.25, -0.2) is 9.59 Å². The molecule has 2 fully saturated rings. The van der Waals surface area contributed by atoms with Crippen molar-refractivity contribution in [3.63, 3.8) is 0 Å². The highest BCUT2D eigenvalue weighted by molar-refractivity contribution is 5.80. The molecule has 2 aliphatic rings. The molecule has 8 heteroatoms. The Labute approximate surface area is 147 Å². The third-order valence-corrected chi connectivity index (χ3v) is 5.16. The number of benzene rings is 1. The normalized spacial score (nSPS) is 28.8. The van der Waals surface area contributed by atoms with E-state index < -0.39 is 0 Å². The van der Waals surface area contributed by atoms with E-state index >= 15 is 0 Å². The van der Waals surface area contributed by atoms with Gasteiger partial charge in [0.15, 0.2) is 0 Å². The molecule has 2 heterocycles. The predicted octanol–water partition coefficient (Wildman–Crippen LogP) is 1.39. The summed E-state index contributed by atoms with van der Waals surface area (Å²) >= 11 is 0. The Balaban J connectivity index is 2.09. The molecule has 0 aliphatic carbocycles. The fourth-order valence-electron chi connectivity index (χ4n) is 3.78. The smallest absolute Gasteiger partial charge is 0.319 e. The third-order valence-electron chi connectivity index (χ3n) is 5.16. The second kappa shape index (κ2) is 6.34. The number of amides is 4. The van der Waals surface area contributed by atoms with Crippen molar-refractivity contribution in [1.82, 2.24) is 20.4 Å². The number of methoxy groups -OCH3 is 2. The minimum atomic E-state index is -0.385. The van der Waals surface area contributed by atoms with Gasteiger partial charge in [0.2, 0.25) is 0 Å². The molecule has 0 unspecified atom stereocenters. The Bertz CT molecular complexity index is 695. The second-order valence-electron chi connectivity index (χ2n) is 6.48. The maximum Gasteiger partial charge on any atom is 0.319 e. The molecule has 4 atom stereocenters. The number of hydrogen-bond donors (Lipinski definition) is 2. The fraction of sp³-hybridized carbons (Fsp3) is 0.529. The molecule has 0 saturated carbocycles. The molecule has 25 heavy (non-hydrogen) atoms. The van der Waals surface area contributed by atoms with Gasteiger partial charge in [-0.05, 0) is 19.1 Å². The quantitative estimate of drug-likeness (QED) is 0.865. The van der Waals surface area contributed by atoms with E-state index in [0.29, 0.717) is 11.5 Å². The lowest BCUT2D eigenvalue weighted by Crippen LogP contribution is -2.71. The number of ether oxygens (including phenoxy) is 2. The molecule has 2 saturated heterocycles. The van der Waals surface area contributed by atoms with Gasteiger partial charge in [-0.15, -0.1) is 0 Å². The molecule has 0 spiro atoms. The maximum absolute atomic E-state index is 12.5. The second-order valence-corrected chi connectivity index (χ2v) is 6.48. The van der Waals surface area contributed by atoms with Crippen molar-refractivity contribution in [3.8, 4) is 11.5 Å². The number of fused-ring (bicyclic) bond motifs is 1. The molecule has 3 rings (SSSR count). The van der Waals surface area contributed by atoms with Gasteiger partial charge in [0.25, 0.3) is 0 Å². The summed E-state index contributed by atoms with van der Waals surface area (Å²) < 4.78 is 10.8. The summed E-state index contributed by atoms with van der Waals surface area (Å²) in [6.07, 6.45) is -0.385. The van der Waals surface area contributed by atoms with Crippen molar-refractivity contribution >= 4 is 12.1 Å². The molecule has 8 nitrogen and oxygen atoms in total. The van der Waals surface area contributed by atoms with Crippen LogP contribution in [0.4, 0.5) is 9.59 Å². The van der Waals surface area contributed by atoms with Crippen LogP contribution in [0.5, 0.6) is 11.5 Å². The van der Waals surface area contributed by atoms with Crippen LogP contribution < -0.4 is 20.1 Å². The highest BCUT2D eigenvalue weighted by Gasteiger charge is 2.50. The lowest BCUT2D eigenvalue weighted by atomic mass is 9.81. The Morgan fingerprint density at radius 2 is 1.68 bits per heavy atom. The van der Waals surface area contributed by atoms with E-state index in [4.69, 9.17) is 9.47 Å². The number of urea groups is 2. The average molecular weight is 348 g/mol. The van der Waals surface area contributed by atoms with E-state index in [1.807, 2.05) is 19.1 Å². The largest absolute Gasteiger partial charge is 0.497 e. The summed E-state index contributed by atoms with van der Waals surface area (Å²) in [7, 11) is 6.63. The first-order chi connectivity index (χ1) is 11.9. The van der Waals surface area contributed by atoms with Crippen LogP contribution in [-0.2, 0) is 0 Å². The highest BCUT2D eigenvalue weighted by atomic mass is 16.5. The molecule has 1 aromatic carbocycles. The molecule has 1 aromatic rings. The first-order valence-electron chi connectivity index (χ1n) is 8.17. The van der Waals surface area contributed by atoms with E-state index in [1.165, 1.54) is 0 Å². The maximum atomic E-state index is 12.5. The Kier molecular flexibility index (Phi) is 4.36. The molecular formula is C17H24N4O4. The Hall–Kier alpha value is -2.64. The van der Waals surface area contributed by atoms with Gasteiger partial charge >= 0.3 is 12.1 Å². The van der Waals surface area contributed by atoms with Crippen molar-refractivity contribution in [2.75, 3.05) is 28.3 Å². The van der Waals surface area contributed by atoms with Gasteiger partial charge in [0.1, 0.15) is 17.7 Å². The lowest BCUT2D eigenvalue weighted by Gasteiger charge is -2.52. The molecule has 0 bridgehead atoms. The van der Waals surface area contributed by atoms with Crippen molar-refractivity contribution in [3.05, 3.63) is 23.8 Å². The summed E-state index contributed by atoms with van der Waals surface area (Å²) in [5.41, 5.74) is 0.882. The number of nitrogens with one attached hydrogen (secondary N) is 2. The van der Waals surface area contributed by atoms with Crippen LogP contribution in [0.2, 0.25) is 0 Å². The van der Waals surface area contributed by atoms with Gasteiger partial charge in [0.05, 0.1) is 20.3 Å². The zero-order valence-electron chi connectivity index (χ0n) is 15.1. The summed E-state index contributed by atoms with van der Waals surface area (Å²) in [5, 5.41) is 5.89. The van der Waals surface area contributed by atoms with E-state index in [1.54, 1.807) is 44.2 Å². The first kappa shape index (κ1) is 17.2. The van der Waals surface area contributed by atoms with Crippen LogP contribution >= 0.6 is 0 Å². The predicted molar refractivity (Wildman–Crippen MR) is 91.6 cm³/mol. The molecule has 4 amide bonds. The standard InChI is InChI=1S/C17H24N4O4/c1-9-13-14(11-7-6-10(24-4)8-12(11)25-5)20(2)17(23)19-15(13)21(3)16(22)18-9/h6-9,13-15H,1-5H3,(H,18,22)(H,19,23)/t9-,13-,14-,15+/m0/s1. The van der Waals surface area contributed by atoms with Gasteiger partial charge in [-0.3, -0.25) is 0 Å². The fourth-order valence-corrected chi connectivity index (χ4v) is 3.78. The third kappa shape index (κ3) is 2.71. The van der Waals surface area contributed by atoms with Gasteiger partial charge in [-0.1, -0.05) is 0 Å². The van der Waals surface area contributed by atoms with Gasteiger partial charge in [-0.2, -0.15) is 0 Å². The summed E-state index contributed by atoms with van der Waals surface area (Å²) in [4.78, 5) is 27.8. The van der Waals surface area contributed by atoms with Crippen LogP contribution in [0.25, 0.3) is 0 Å². The molecule has 0 aromatic heterocycles. The minimum absolute atomic E-state index is 0.0484. The van der Waals surface area contributed by atoms with Crippen molar-refractivity contribution in [2.45, 2.75) is 25.2 Å². The molecule has 0 radical (unpaired) electrons.